The van der Waals surface area contributed by atoms with Crippen molar-refractivity contribution < 1.29 is 9.53 Å². The van der Waals surface area contributed by atoms with Gasteiger partial charge in [-0.3, -0.25) is 9.28 Å². The number of hydrogen-bond donors (Lipinski definition) is 0. The highest BCUT2D eigenvalue weighted by Gasteiger charge is 2.45. The van der Waals surface area contributed by atoms with E-state index in [1.807, 2.05) is 24.4 Å². The summed E-state index contributed by atoms with van der Waals surface area (Å²) >= 11 is 0. The highest BCUT2D eigenvalue weighted by atomic mass is 16.5. The number of methoxy groups -OCH3 is 1. The molecule has 0 saturated heterocycles. The molecule has 1 aromatic carbocycles. The fraction of sp³-hybridized carbons (Fsp3) is 0.444. The third-order valence-corrected chi connectivity index (χ3v) is 5.07. The molecule has 0 aromatic heterocycles. The number of nitriles is 1. The minimum absolute atomic E-state index is 0.438. The lowest BCUT2D eigenvalue weighted by Gasteiger charge is -2.38. The third-order valence-electron chi connectivity index (χ3n) is 5.07. The van der Waals surface area contributed by atoms with Crippen LogP contribution in [0.4, 0.5) is 5.69 Å². The molecule has 114 valence electrons. The summed E-state index contributed by atoms with van der Waals surface area (Å²) in [6.45, 7) is 0. The first-order chi connectivity index (χ1) is 10.6. The number of para-hydroxylation sites is 1. The zero-order valence-electron chi connectivity index (χ0n) is 13.1. The molecule has 0 amide bonds. The number of rotatable bonds is 3. The number of fused-ring (bicyclic) bond motifs is 1. The summed E-state index contributed by atoms with van der Waals surface area (Å²) in [6.07, 6.45) is 7.96. The van der Waals surface area contributed by atoms with Gasteiger partial charge in [-0.15, -0.1) is 0 Å². The van der Waals surface area contributed by atoms with Crippen LogP contribution < -0.4 is 9.22 Å². The van der Waals surface area contributed by atoms with E-state index in [0.29, 0.717) is 16.1 Å². The summed E-state index contributed by atoms with van der Waals surface area (Å²) in [5.74, 6) is 0.328. The molecule has 1 aliphatic carbocycles. The molecule has 1 heterocycles. The molecule has 0 bridgehead atoms. The first kappa shape index (κ1) is 14.8. The minimum Gasteiger partial charge on any atom is -0.491 e. The van der Waals surface area contributed by atoms with Crippen LogP contribution in [-0.2, 0) is 4.79 Å². The van der Waals surface area contributed by atoms with Crippen molar-refractivity contribution in [3.63, 3.8) is 0 Å². The molecule has 1 fully saturated rings. The Bertz CT molecular complexity index is 681. The van der Waals surface area contributed by atoms with E-state index in [-0.39, 0.29) is 0 Å². The van der Waals surface area contributed by atoms with Crippen molar-refractivity contribution >= 4 is 17.0 Å². The predicted octanol–water partition coefficient (Wildman–Crippen LogP) is 3.41. The molecule has 3 rings (SSSR count). The fourth-order valence-electron chi connectivity index (χ4n) is 3.95. The standard InChI is InChI=1S/C18H21N2O2/c1-20(13-7-4-3-5-8-13)12-15(16(21)11-19)14-9-6-10-17(22-2)18(14)20/h6,9-10,12-13H,3-5,7-8H2,1-2H3/q+1. The smallest absolute Gasteiger partial charge is 0.268 e. The van der Waals surface area contributed by atoms with Crippen molar-refractivity contribution in [1.82, 2.24) is 4.48 Å². The molecule has 22 heavy (non-hydrogen) atoms. The van der Waals surface area contributed by atoms with E-state index in [1.54, 1.807) is 13.2 Å². The molecule has 1 saturated carbocycles. The van der Waals surface area contributed by atoms with Crippen LogP contribution in [0.15, 0.2) is 24.4 Å². The van der Waals surface area contributed by atoms with E-state index < -0.39 is 5.78 Å². The van der Waals surface area contributed by atoms with Gasteiger partial charge >= 0.3 is 0 Å². The molecular weight excluding hydrogens is 276 g/mol. The molecule has 1 unspecified atom stereocenters. The van der Waals surface area contributed by atoms with Crippen LogP contribution in [0, 0.1) is 11.3 Å². The summed E-state index contributed by atoms with van der Waals surface area (Å²) in [7, 11) is 3.79. The highest BCUT2D eigenvalue weighted by molar-refractivity contribution is 6.30. The highest BCUT2D eigenvalue weighted by Crippen LogP contribution is 2.49. The number of ketones is 1. The number of nitrogens with zero attached hydrogens (tertiary/aromatic N) is 2. The second kappa shape index (κ2) is 5.58. The van der Waals surface area contributed by atoms with Gasteiger partial charge in [0, 0.05) is 12.8 Å². The lowest BCUT2D eigenvalue weighted by molar-refractivity contribution is -0.109. The normalized spacial score (nSPS) is 24.3. The van der Waals surface area contributed by atoms with E-state index in [4.69, 9.17) is 10.00 Å². The maximum Gasteiger partial charge on any atom is 0.268 e. The summed E-state index contributed by atoms with van der Waals surface area (Å²) in [4.78, 5) is 12.1. The largest absolute Gasteiger partial charge is 0.491 e. The van der Waals surface area contributed by atoms with Crippen molar-refractivity contribution in [2.24, 2.45) is 0 Å². The van der Waals surface area contributed by atoms with Gasteiger partial charge < -0.3 is 4.74 Å². The Hall–Kier alpha value is -2.12. The molecule has 4 nitrogen and oxygen atoms in total. The van der Waals surface area contributed by atoms with Gasteiger partial charge in [0.15, 0.2) is 11.4 Å². The van der Waals surface area contributed by atoms with Crippen molar-refractivity contribution in [1.29, 1.82) is 5.26 Å². The number of quaternary nitrogens is 1. The molecule has 1 atom stereocenters. The molecule has 0 radical (unpaired) electrons. The maximum atomic E-state index is 12.1. The van der Waals surface area contributed by atoms with E-state index in [9.17, 15) is 4.79 Å². The Morgan fingerprint density at radius 3 is 2.68 bits per heavy atom. The maximum absolute atomic E-state index is 12.1. The van der Waals surface area contributed by atoms with Crippen LogP contribution in [0.2, 0.25) is 0 Å². The Balaban J connectivity index is 2.17. The van der Waals surface area contributed by atoms with Crippen molar-refractivity contribution in [3.8, 4) is 11.8 Å². The summed E-state index contributed by atoms with van der Waals surface area (Å²) in [5.41, 5.74) is 2.39. The molecule has 1 aromatic rings. The SMILES string of the molecule is COc1cccc2c1[N+](C)(C1CCCCC1)C=C2C(=O)C#N. The van der Waals surface area contributed by atoms with Gasteiger partial charge in [0.05, 0.1) is 31.3 Å². The van der Waals surface area contributed by atoms with Crippen molar-refractivity contribution in [2.75, 3.05) is 14.2 Å². The zero-order valence-corrected chi connectivity index (χ0v) is 13.1. The number of Topliss-reactive ketones (excluding diaryl/α,β-unsaturated/α-hetero) is 1. The lowest BCUT2D eigenvalue weighted by Crippen LogP contribution is -2.49. The van der Waals surface area contributed by atoms with Crippen LogP contribution in [-0.4, -0.2) is 26.0 Å². The van der Waals surface area contributed by atoms with Crippen LogP contribution in [0.25, 0.3) is 5.57 Å². The van der Waals surface area contributed by atoms with Gasteiger partial charge in [-0.25, -0.2) is 0 Å². The molecule has 1 aliphatic heterocycles. The number of carbonyl (C=O) groups excluding carboxylic acids is 1. The van der Waals surface area contributed by atoms with Gasteiger partial charge in [-0.1, -0.05) is 12.5 Å². The number of ether oxygens (including phenoxy) is 1. The molecule has 0 spiro atoms. The van der Waals surface area contributed by atoms with Gasteiger partial charge in [-0.05, 0) is 25.0 Å². The van der Waals surface area contributed by atoms with Gasteiger partial charge in [-0.2, -0.15) is 5.26 Å². The Morgan fingerprint density at radius 2 is 2.05 bits per heavy atom. The van der Waals surface area contributed by atoms with Crippen LogP contribution in [0.1, 0.15) is 37.7 Å². The Morgan fingerprint density at radius 1 is 1.32 bits per heavy atom. The topological polar surface area (TPSA) is 50.1 Å². The number of benzene rings is 1. The second-order valence-electron chi connectivity index (χ2n) is 6.28. The van der Waals surface area contributed by atoms with Crippen molar-refractivity contribution in [3.05, 3.63) is 30.0 Å². The summed E-state index contributed by atoms with van der Waals surface area (Å²) < 4.78 is 6.13. The summed E-state index contributed by atoms with van der Waals surface area (Å²) in [6, 6.07) is 7.95. The van der Waals surface area contributed by atoms with E-state index in [1.165, 1.54) is 19.3 Å². The Kier molecular flexibility index (Phi) is 3.76. The van der Waals surface area contributed by atoms with Crippen LogP contribution in [0.3, 0.4) is 0 Å². The van der Waals surface area contributed by atoms with Gasteiger partial charge in [0.25, 0.3) is 5.78 Å². The fourth-order valence-corrected chi connectivity index (χ4v) is 3.95. The average Bonchev–Trinajstić information content (AvgIpc) is 2.89. The van der Waals surface area contributed by atoms with E-state index >= 15 is 0 Å². The van der Waals surface area contributed by atoms with Crippen LogP contribution in [0.5, 0.6) is 5.75 Å². The first-order valence-corrected chi connectivity index (χ1v) is 7.83. The zero-order chi connectivity index (χ0) is 15.7. The molecular formula is C18H21N2O2+. The number of hydrogen-bond acceptors (Lipinski definition) is 3. The lowest BCUT2D eigenvalue weighted by atomic mass is 9.92. The molecule has 0 N–H and O–H groups in total. The van der Waals surface area contributed by atoms with Gasteiger partial charge in [0.1, 0.15) is 12.3 Å². The third kappa shape index (κ3) is 2.13. The average molecular weight is 297 g/mol. The predicted molar refractivity (Wildman–Crippen MR) is 86.2 cm³/mol. The summed E-state index contributed by atoms with van der Waals surface area (Å²) in [5, 5.41) is 9.05. The van der Waals surface area contributed by atoms with E-state index in [0.717, 1.165) is 29.8 Å². The molecule has 4 heteroatoms. The number of carbonyl (C=O) groups is 1. The first-order valence-electron chi connectivity index (χ1n) is 7.83. The van der Waals surface area contributed by atoms with Crippen molar-refractivity contribution in [2.45, 2.75) is 38.1 Å². The van der Waals surface area contributed by atoms with Gasteiger partial charge in [0.2, 0.25) is 0 Å². The van der Waals surface area contributed by atoms with Crippen LogP contribution >= 0.6 is 0 Å². The Labute approximate surface area is 131 Å². The minimum atomic E-state index is -0.466. The quantitative estimate of drug-likeness (QED) is 0.634. The molecule has 2 aliphatic rings. The number of allylic oxidation sites excluding steroid dienone is 1. The second-order valence-corrected chi connectivity index (χ2v) is 6.28. The van der Waals surface area contributed by atoms with E-state index in [2.05, 4.69) is 7.05 Å². The monoisotopic (exact) mass is 297 g/mol.